The van der Waals surface area contributed by atoms with Gasteiger partial charge < -0.3 is 15.1 Å². The van der Waals surface area contributed by atoms with Gasteiger partial charge in [0.1, 0.15) is 5.82 Å². The predicted octanol–water partition coefficient (Wildman–Crippen LogP) is 0.322. The van der Waals surface area contributed by atoms with Crippen molar-refractivity contribution >= 4 is 5.91 Å². The van der Waals surface area contributed by atoms with E-state index in [-0.39, 0.29) is 31.2 Å². The lowest BCUT2D eigenvalue weighted by molar-refractivity contribution is -0.130. The third-order valence-electron chi connectivity index (χ3n) is 3.18. The number of benzene rings is 1. The van der Waals surface area contributed by atoms with Crippen molar-refractivity contribution in [1.29, 1.82) is 0 Å². The number of rotatable bonds is 3. The normalized spacial score (nSPS) is 23.4. The molecule has 2 atom stereocenters. The number of carbonyl (C=O) groups is 1. The summed E-state index contributed by atoms with van der Waals surface area (Å²) in [6.07, 6.45) is -1.24. The standard InChI is InChI=1S/C13H16FNO3/c14-10-4-2-1-3-9(10)5-6-13(18)15-7-11(16)12(17)8-15/h1-4,11-12,16-17H,5-8H2/t11-,12-/m0/s1. The van der Waals surface area contributed by atoms with Crippen molar-refractivity contribution < 1.29 is 19.4 Å². The molecule has 1 heterocycles. The lowest BCUT2D eigenvalue weighted by Crippen LogP contribution is -2.30. The summed E-state index contributed by atoms with van der Waals surface area (Å²) in [5.41, 5.74) is 0.506. The molecule has 0 saturated carbocycles. The lowest BCUT2D eigenvalue weighted by Gasteiger charge is -2.15. The van der Waals surface area contributed by atoms with Crippen LogP contribution in [0, 0.1) is 5.82 Å². The second-order valence-electron chi connectivity index (χ2n) is 4.52. The molecule has 0 unspecified atom stereocenters. The van der Waals surface area contributed by atoms with Crippen LogP contribution >= 0.6 is 0 Å². The van der Waals surface area contributed by atoms with Crippen LogP contribution in [0.5, 0.6) is 0 Å². The molecule has 0 spiro atoms. The van der Waals surface area contributed by atoms with E-state index in [1.54, 1.807) is 18.2 Å². The van der Waals surface area contributed by atoms with Gasteiger partial charge in [0.15, 0.2) is 0 Å². The van der Waals surface area contributed by atoms with Crippen LogP contribution in [0.2, 0.25) is 0 Å². The van der Waals surface area contributed by atoms with Crippen LogP contribution in [0.3, 0.4) is 0 Å². The molecule has 1 aromatic rings. The first kappa shape index (κ1) is 13.0. The SMILES string of the molecule is O=C(CCc1ccccc1F)N1C[C@H](O)[C@@H](O)C1. The second-order valence-corrected chi connectivity index (χ2v) is 4.52. The van der Waals surface area contributed by atoms with E-state index in [1.807, 2.05) is 0 Å². The number of nitrogens with zero attached hydrogens (tertiary/aromatic N) is 1. The Labute approximate surface area is 105 Å². The molecule has 1 aliphatic rings. The van der Waals surface area contributed by atoms with Crippen molar-refractivity contribution in [2.45, 2.75) is 25.0 Å². The van der Waals surface area contributed by atoms with Crippen molar-refractivity contribution in [1.82, 2.24) is 4.90 Å². The van der Waals surface area contributed by atoms with Gasteiger partial charge in [0.25, 0.3) is 0 Å². The maximum Gasteiger partial charge on any atom is 0.223 e. The smallest absolute Gasteiger partial charge is 0.223 e. The van der Waals surface area contributed by atoms with Crippen molar-refractivity contribution in [3.05, 3.63) is 35.6 Å². The maximum absolute atomic E-state index is 13.3. The van der Waals surface area contributed by atoms with Gasteiger partial charge in [0, 0.05) is 19.5 Å². The average molecular weight is 253 g/mol. The van der Waals surface area contributed by atoms with Gasteiger partial charge in [0.2, 0.25) is 5.91 Å². The Morgan fingerprint density at radius 2 is 1.89 bits per heavy atom. The molecule has 1 fully saturated rings. The van der Waals surface area contributed by atoms with Gasteiger partial charge in [-0.2, -0.15) is 0 Å². The van der Waals surface area contributed by atoms with Crippen LogP contribution in [0.1, 0.15) is 12.0 Å². The third kappa shape index (κ3) is 2.86. The zero-order valence-corrected chi connectivity index (χ0v) is 9.92. The Balaban J connectivity index is 1.88. The number of aryl methyl sites for hydroxylation is 1. The molecular weight excluding hydrogens is 237 g/mol. The Bertz CT molecular complexity index is 428. The monoisotopic (exact) mass is 253 g/mol. The van der Waals surface area contributed by atoms with E-state index >= 15 is 0 Å². The average Bonchev–Trinajstić information content (AvgIpc) is 2.68. The van der Waals surface area contributed by atoms with Crippen LogP contribution in [0.15, 0.2) is 24.3 Å². The summed E-state index contributed by atoms with van der Waals surface area (Å²) in [4.78, 5) is 13.2. The molecule has 1 aromatic carbocycles. The molecule has 1 aliphatic heterocycles. The molecule has 0 aliphatic carbocycles. The van der Waals surface area contributed by atoms with E-state index in [4.69, 9.17) is 0 Å². The molecule has 0 radical (unpaired) electrons. The number of halogens is 1. The summed E-state index contributed by atoms with van der Waals surface area (Å²) in [5.74, 6) is -0.486. The minimum Gasteiger partial charge on any atom is -0.388 e. The van der Waals surface area contributed by atoms with Crippen molar-refractivity contribution in [2.75, 3.05) is 13.1 Å². The number of aliphatic hydroxyl groups excluding tert-OH is 2. The van der Waals surface area contributed by atoms with Crippen molar-refractivity contribution in [2.24, 2.45) is 0 Å². The number of carbonyl (C=O) groups excluding carboxylic acids is 1. The number of likely N-dealkylation sites (tertiary alicyclic amines) is 1. The zero-order chi connectivity index (χ0) is 13.1. The van der Waals surface area contributed by atoms with E-state index in [9.17, 15) is 19.4 Å². The molecule has 2 rings (SSSR count). The summed E-state index contributed by atoms with van der Waals surface area (Å²) in [7, 11) is 0. The molecule has 1 amide bonds. The third-order valence-corrected chi connectivity index (χ3v) is 3.18. The largest absolute Gasteiger partial charge is 0.388 e. The van der Waals surface area contributed by atoms with E-state index in [2.05, 4.69) is 0 Å². The van der Waals surface area contributed by atoms with Gasteiger partial charge in [0.05, 0.1) is 12.2 Å². The fourth-order valence-electron chi connectivity index (χ4n) is 2.07. The molecule has 98 valence electrons. The fourth-order valence-corrected chi connectivity index (χ4v) is 2.07. The molecule has 2 N–H and O–H groups in total. The van der Waals surface area contributed by atoms with Crippen LogP contribution in [-0.2, 0) is 11.2 Å². The summed E-state index contributed by atoms with van der Waals surface area (Å²) in [5, 5.41) is 18.7. The first-order chi connectivity index (χ1) is 8.58. The number of hydrogen-bond donors (Lipinski definition) is 2. The first-order valence-corrected chi connectivity index (χ1v) is 5.95. The summed E-state index contributed by atoms with van der Waals surface area (Å²) < 4.78 is 13.3. The van der Waals surface area contributed by atoms with Gasteiger partial charge >= 0.3 is 0 Å². The van der Waals surface area contributed by atoms with Gasteiger partial charge in [-0.05, 0) is 18.1 Å². The molecule has 1 saturated heterocycles. The van der Waals surface area contributed by atoms with E-state index < -0.39 is 12.2 Å². The van der Waals surface area contributed by atoms with E-state index in [0.717, 1.165) is 0 Å². The Morgan fingerprint density at radius 3 is 2.50 bits per heavy atom. The molecule has 0 aromatic heterocycles. The predicted molar refractivity (Wildman–Crippen MR) is 63.3 cm³/mol. The molecular formula is C13H16FNO3. The van der Waals surface area contributed by atoms with Gasteiger partial charge in [-0.25, -0.2) is 4.39 Å². The molecule has 0 bridgehead atoms. The van der Waals surface area contributed by atoms with Crippen LogP contribution in [0.25, 0.3) is 0 Å². The topological polar surface area (TPSA) is 60.8 Å². The van der Waals surface area contributed by atoms with Gasteiger partial charge in [-0.3, -0.25) is 4.79 Å². The molecule has 5 heteroatoms. The number of aliphatic hydroxyl groups is 2. The second kappa shape index (κ2) is 5.46. The maximum atomic E-state index is 13.3. The Hall–Kier alpha value is -1.46. The van der Waals surface area contributed by atoms with Crippen molar-refractivity contribution in [3.8, 4) is 0 Å². The molecule has 4 nitrogen and oxygen atoms in total. The highest BCUT2D eigenvalue weighted by molar-refractivity contribution is 5.76. The van der Waals surface area contributed by atoms with E-state index in [0.29, 0.717) is 12.0 Å². The van der Waals surface area contributed by atoms with Gasteiger partial charge in [-0.1, -0.05) is 18.2 Å². The Morgan fingerprint density at radius 1 is 1.28 bits per heavy atom. The summed E-state index contributed by atoms with van der Waals surface area (Å²) in [6, 6.07) is 6.35. The first-order valence-electron chi connectivity index (χ1n) is 5.95. The van der Waals surface area contributed by atoms with E-state index in [1.165, 1.54) is 11.0 Å². The quantitative estimate of drug-likeness (QED) is 0.815. The highest BCUT2D eigenvalue weighted by Crippen LogP contribution is 2.14. The highest BCUT2D eigenvalue weighted by atomic mass is 19.1. The number of amides is 1. The fraction of sp³-hybridized carbons (Fsp3) is 0.462. The minimum atomic E-state index is -0.873. The number of hydrogen-bond acceptors (Lipinski definition) is 3. The van der Waals surface area contributed by atoms with Gasteiger partial charge in [-0.15, -0.1) is 0 Å². The number of β-amino-alcohol motifs (C(OH)–C–C–N with tert-alkyl or cyclic N) is 2. The van der Waals surface area contributed by atoms with Crippen LogP contribution in [-0.4, -0.2) is 46.3 Å². The zero-order valence-electron chi connectivity index (χ0n) is 9.92. The van der Waals surface area contributed by atoms with Crippen LogP contribution < -0.4 is 0 Å². The van der Waals surface area contributed by atoms with Crippen molar-refractivity contribution in [3.63, 3.8) is 0 Å². The Kier molecular flexibility index (Phi) is 3.93. The summed E-state index contributed by atoms with van der Waals surface area (Å²) in [6.45, 7) is 0.300. The lowest BCUT2D eigenvalue weighted by atomic mass is 10.1. The minimum absolute atomic E-state index is 0.150. The molecule has 18 heavy (non-hydrogen) atoms. The highest BCUT2D eigenvalue weighted by Gasteiger charge is 2.32. The van der Waals surface area contributed by atoms with Crippen LogP contribution in [0.4, 0.5) is 4.39 Å². The summed E-state index contributed by atoms with van der Waals surface area (Å²) >= 11 is 0.